The van der Waals surface area contributed by atoms with Gasteiger partial charge >= 0.3 is 5.97 Å². The predicted octanol–water partition coefficient (Wildman–Crippen LogP) is 4.11. The second-order valence-corrected chi connectivity index (χ2v) is 8.66. The van der Waals surface area contributed by atoms with Crippen LogP contribution < -0.4 is 5.32 Å². The van der Waals surface area contributed by atoms with Gasteiger partial charge in [0.1, 0.15) is 11.6 Å². The summed E-state index contributed by atoms with van der Waals surface area (Å²) >= 11 is 1.42. The highest BCUT2D eigenvalue weighted by Crippen LogP contribution is 2.48. The fraction of sp³-hybridized carbons (Fsp3) is 0.476. The first kappa shape index (κ1) is 18.2. The fourth-order valence-electron chi connectivity index (χ4n) is 4.26. The van der Waals surface area contributed by atoms with Crippen LogP contribution in [-0.4, -0.2) is 16.9 Å². The van der Waals surface area contributed by atoms with Crippen molar-refractivity contribution >= 4 is 28.9 Å². The lowest BCUT2D eigenvalue weighted by Gasteiger charge is -2.19. The van der Waals surface area contributed by atoms with Gasteiger partial charge in [-0.3, -0.25) is 9.59 Å². The quantitative estimate of drug-likeness (QED) is 0.761. The number of nitrogens with one attached hydrogen (secondary N) is 1. The second-order valence-electron chi connectivity index (χ2n) is 7.71. The van der Waals surface area contributed by atoms with E-state index >= 15 is 0 Å². The van der Waals surface area contributed by atoms with Gasteiger partial charge in [-0.1, -0.05) is 24.1 Å². The van der Waals surface area contributed by atoms with Crippen molar-refractivity contribution < 1.29 is 14.3 Å². The van der Waals surface area contributed by atoms with Crippen molar-refractivity contribution in [3.8, 4) is 0 Å². The van der Waals surface area contributed by atoms with Gasteiger partial charge in [-0.15, -0.1) is 11.3 Å². The summed E-state index contributed by atoms with van der Waals surface area (Å²) < 4.78 is 5.49. The number of aromatic nitrogens is 1. The van der Waals surface area contributed by atoms with E-state index in [0.29, 0.717) is 5.92 Å². The highest BCUT2D eigenvalue weighted by molar-refractivity contribution is 7.09. The standard InChI is InChI=1S/C21H24N2O3S/c1-13-2-6-16(7-3-13)22-19(24)10-20-23-17(12-27-20)11-26-21(25)18-9-14-4-5-15(18)8-14/h2-3,6-7,12,14-15,18H,4-5,8-11H2,1H3,(H,22,24)/t14-,15-,18-/m0/s1. The Bertz CT molecular complexity index is 830. The van der Waals surface area contributed by atoms with Crippen LogP contribution in [0.4, 0.5) is 5.69 Å². The molecule has 1 N–H and O–H groups in total. The predicted molar refractivity (Wildman–Crippen MR) is 104 cm³/mol. The molecule has 2 saturated carbocycles. The number of benzene rings is 1. The van der Waals surface area contributed by atoms with E-state index in [1.54, 1.807) is 0 Å². The summed E-state index contributed by atoms with van der Waals surface area (Å²) in [6, 6.07) is 7.69. The molecule has 27 heavy (non-hydrogen) atoms. The van der Waals surface area contributed by atoms with Gasteiger partial charge in [-0.2, -0.15) is 0 Å². The van der Waals surface area contributed by atoms with E-state index in [9.17, 15) is 9.59 Å². The average Bonchev–Trinajstić information content (AvgIpc) is 3.38. The van der Waals surface area contributed by atoms with Crippen LogP contribution in [0.15, 0.2) is 29.6 Å². The topological polar surface area (TPSA) is 68.3 Å². The van der Waals surface area contributed by atoms with E-state index < -0.39 is 0 Å². The van der Waals surface area contributed by atoms with Crippen LogP contribution in [0, 0.1) is 24.7 Å². The molecule has 2 aliphatic carbocycles. The van der Waals surface area contributed by atoms with Crippen LogP contribution in [0.1, 0.15) is 41.9 Å². The number of amides is 1. The molecule has 142 valence electrons. The van der Waals surface area contributed by atoms with Gasteiger partial charge in [0.15, 0.2) is 0 Å². The molecule has 1 aromatic carbocycles. The van der Waals surface area contributed by atoms with Crippen LogP contribution in [-0.2, 0) is 27.4 Å². The van der Waals surface area contributed by atoms with E-state index in [1.165, 1.54) is 30.6 Å². The van der Waals surface area contributed by atoms with Crippen LogP contribution in [0.3, 0.4) is 0 Å². The fourth-order valence-corrected chi connectivity index (χ4v) is 5.04. The third-order valence-electron chi connectivity index (χ3n) is 5.65. The molecule has 3 atom stereocenters. The van der Waals surface area contributed by atoms with Crippen molar-refractivity contribution in [2.45, 2.75) is 45.6 Å². The molecular formula is C21H24N2O3S. The number of carbonyl (C=O) groups is 2. The Labute approximate surface area is 163 Å². The molecular weight excluding hydrogens is 360 g/mol. The number of anilines is 1. The maximum Gasteiger partial charge on any atom is 0.309 e. The lowest BCUT2D eigenvalue weighted by atomic mass is 9.89. The van der Waals surface area contributed by atoms with E-state index in [4.69, 9.17) is 4.74 Å². The van der Waals surface area contributed by atoms with E-state index in [-0.39, 0.29) is 30.8 Å². The number of fused-ring (bicyclic) bond motifs is 2. The number of thiazole rings is 1. The molecule has 2 aliphatic rings. The van der Waals surface area contributed by atoms with Crippen molar-refractivity contribution in [2.24, 2.45) is 17.8 Å². The Morgan fingerprint density at radius 2 is 2.04 bits per heavy atom. The molecule has 1 aromatic heterocycles. The first-order valence-electron chi connectivity index (χ1n) is 9.53. The van der Waals surface area contributed by atoms with Crippen LogP contribution >= 0.6 is 11.3 Å². The minimum atomic E-state index is -0.0984. The molecule has 0 unspecified atom stereocenters. The van der Waals surface area contributed by atoms with Gasteiger partial charge in [-0.25, -0.2) is 4.98 Å². The summed E-state index contributed by atoms with van der Waals surface area (Å²) in [5, 5.41) is 5.46. The second kappa shape index (κ2) is 7.80. The zero-order valence-corrected chi connectivity index (χ0v) is 16.3. The Balaban J connectivity index is 1.25. The number of ether oxygens (including phenoxy) is 1. The van der Waals surface area contributed by atoms with Gasteiger partial charge in [0, 0.05) is 11.1 Å². The summed E-state index contributed by atoms with van der Waals surface area (Å²) in [6.07, 6.45) is 4.84. The summed E-state index contributed by atoms with van der Waals surface area (Å²) in [4.78, 5) is 28.9. The van der Waals surface area contributed by atoms with Gasteiger partial charge < -0.3 is 10.1 Å². The largest absolute Gasteiger partial charge is 0.459 e. The zero-order chi connectivity index (χ0) is 18.8. The molecule has 0 radical (unpaired) electrons. The first-order chi connectivity index (χ1) is 13.1. The Morgan fingerprint density at radius 3 is 2.74 bits per heavy atom. The number of rotatable bonds is 6. The van der Waals surface area contributed by atoms with Crippen molar-refractivity contribution in [2.75, 3.05) is 5.32 Å². The zero-order valence-electron chi connectivity index (χ0n) is 15.4. The van der Waals surface area contributed by atoms with Crippen LogP contribution in [0.2, 0.25) is 0 Å². The third-order valence-corrected chi connectivity index (χ3v) is 6.55. The molecule has 0 aliphatic heterocycles. The maximum absolute atomic E-state index is 12.3. The minimum absolute atomic E-state index is 0.0751. The van der Waals surface area contributed by atoms with Crippen molar-refractivity contribution in [1.82, 2.24) is 4.98 Å². The highest BCUT2D eigenvalue weighted by atomic mass is 32.1. The minimum Gasteiger partial charge on any atom is -0.459 e. The van der Waals surface area contributed by atoms with Gasteiger partial charge in [0.2, 0.25) is 5.91 Å². The first-order valence-corrected chi connectivity index (χ1v) is 10.4. The monoisotopic (exact) mass is 384 g/mol. The normalized spacial score (nSPS) is 23.4. The van der Waals surface area contributed by atoms with Crippen LogP contribution in [0.25, 0.3) is 0 Å². The summed E-state index contributed by atoms with van der Waals surface area (Å²) in [7, 11) is 0. The van der Waals surface area contributed by atoms with Gasteiger partial charge in [-0.05, 0) is 50.2 Å². The summed E-state index contributed by atoms with van der Waals surface area (Å²) in [5.41, 5.74) is 2.65. The van der Waals surface area contributed by atoms with Crippen LogP contribution in [0.5, 0.6) is 0 Å². The number of carbonyl (C=O) groups excluding carboxylic acids is 2. The molecule has 5 nitrogen and oxygen atoms in total. The van der Waals surface area contributed by atoms with Crippen molar-refractivity contribution in [3.05, 3.63) is 45.9 Å². The third kappa shape index (κ3) is 4.38. The molecule has 1 heterocycles. The van der Waals surface area contributed by atoms with Gasteiger partial charge in [0.05, 0.1) is 18.0 Å². The van der Waals surface area contributed by atoms with Gasteiger partial charge in [0.25, 0.3) is 0 Å². The summed E-state index contributed by atoms with van der Waals surface area (Å²) in [5.74, 6) is 1.17. The average molecular weight is 385 g/mol. The smallest absolute Gasteiger partial charge is 0.309 e. The lowest BCUT2D eigenvalue weighted by Crippen LogP contribution is -2.23. The Morgan fingerprint density at radius 1 is 1.22 bits per heavy atom. The molecule has 4 rings (SSSR count). The molecule has 2 aromatic rings. The molecule has 6 heteroatoms. The molecule has 0 saturated heterocycles. The lowest BCUT2D eigenvalue weighted by molar-refractivity contribution is -0.151. The van der Waals surface area contributed by atoms with E-state index in [0.717, 1.165) is 34.3 Å². The van der Waals surface area contributed by atoms with E-state index in [1.807, 2.05) is 36.6 Å². The maximum atomic E-state index is 12.3. The molecule has 0 spiro atoms. The Hall–Kier alpha value is -2.21. The number of hydrogen-bond donors (Lipinski definition) is 1. The number of esters is 1. The van der Waals surface area contributed by atoms with E-state index in [2.05, 4.69) is 10.3 Å². The SMILES string of the molecule is Cc1ccc(NC(=O)Cc2nc(COC(=O)[C@H]3C[C@H]4CC[C@H]3C4)cs2)cc1. The summed E-state index contributed by atoms with van der Waals surface area (Å²) in [6.45, 7) is 2.20. The molecule has 2 fully saturated rings. The number of nitrogens with zero attached hydrogens (tertiary/aromatic N) is 1. The van der Waals surface area contributed by atoms with Crippen molar-refractivity contribution in [1.29, 1.82) is 0 Å². The van der Waals surface area contributed by atoms with Crippen molar-refractivity contribution in [3.63, 3.8) is 0 Å². The highest BCUT2D eigenvalue weighted by Gasteiger charge is 2.43. The Kier molecular flexibility index (Phi) is 5.25. The molecule has 1 amide bonds. The number of hydrogen-bond acceptors (Lipinski definition) is 5. The number of aryl methyl sites for hydroxylation is 1. The molecule has 2 bridgehead atoms.